The lowest BCUT2D eigenvalue weighted by molar-refractivity contribution is -0.136. The minimum absolute atomic E-state index is 0.0323. The number of hydrogen-bond acceptors (Lipinski definition) is 9. The molecule has 0 radical (unpaired) electrons. The number of amides is 5. The highest BCUT2D eigenvalue weighted by Gasteiger charge is 2.44. The van der Waals surface area contributed by atoms with E-state index in [9.17, 15) is 24.0 Å². The van der Waals surface area contributed by atoms with Gasteiger partial charge in [0.2, 0.25) is 11.8 Å². The molecule has 3 aliphatic rings. The smallest absolute Gasteiger partial charge is 0.262 e. The average molecular weight is 697 g/mol. The number of hydrogen-bond donors (Lipinski definition) is 4. The molecule has 2 fully saturated rings. The molecule has 5 amide bonds. The highest BCUT2D eigenvalue weighted by Crippen LogP contribution is 2.30. The molecule has 0 spiro atoms. The average Bonchev–Trinajstić information content (AvgIpc) is 3.35. The minimum atomic E-state index is -0.988. The maximum atomic E-state index is 13.0. The Hall–Kier alpha value is -5.41. The number of fused-ring (bicyclic) bond motifs is 1. The van der Waals surface area contributed by atoms with Gasteiger partial charge in [-0.05, 0) is 99.5 Å². The lowest BCUT2D eigenvalue weighted by Gasteiger charge is -2.29. The van der Waals surface area contributed by atoms with Crippen molar-refractivity contribution < 1.29 is 28.7 Å². The third-order valence-corrected chi connectivity index (χ3v) is 9.53. The summed E-state index contributed by atoms with van der Waals surface area (Å²) >= 11 is 6.12. The number of rotatable bonds is 12. The fraction of sp³-hybridized carbons (Fsp3) is 0.351. The zero-order valence-electron chi connectivity index (χ0n) is 27.3. The molecule has 1 aliphatic carbocycles. The second-order valence-corrected chi connectivity index (χ2v) is 13.1. The SMILES string of the molecule is N#Cc1ccc(O[C@H]2CC[C@H](NC(=O)c3ccc(NCCCCNc4ccc5c(c4)C(=O)N(C4CCC(=O)NC4=O)C5=O)cc3)CC2)cc1Cl. The predicted octanol–water partition coefficient (Wildman–Crippen LogP) is 5.04. The van der Waals surface area contributed by atoms with Crippen molar-refractivity contribution in [1.82, 2.24) is 15.5 Å². The van der Waals surface area contributed by atoms with Gasteiger partial charge in [0, 0.05) is 48.6 Å². The maximum absolute atomic E-state index is 13.0. The highest BCUT2D eigenvalue weighted by atomic mass is 35.5. The van der Waals surface area contributed by atoms with E-state index in [1.807, 2.05) is 30.3 Å². The summed E-state index contributed by atoms with van der Waals surface area (Å²) in [6.07, 6.45) is 5.16. The van der Waals surface area contributed by atoms with Gasteiger partial charge in [0.25, 0.3) is 17.7 Å². The van der Waals surface area contributed by atoms with E-state index in [1.54, 1.807) is 36.4 Å². The Labute approximate surface area is 294 Å². The van der Waals surface area contributed by atoms with E-state index in [1.165, 1.54) is 0 Å². The number of carbonyl (C=O) groups is 5. The first kappa shape index (κ1) is 34.5. The van der Waals surface area contributed by atoms with Crippen molar-refractivity contribution in [2.75, 3.05) is 23.7 Å². The van der Waals surface area contributed by atoms with Crippen LogP contribution in [0.1, 0.15) is 88.0 Å². The summed E-state index contributed by atoms with van der Waals surface area (Å²) in [5, 5.41) is 21.4. The predicted molar refractivity (Wildman–Crippen MR) is 186 cm³/mol. The topological polar surface area (TPSA) is 170 Å². The molecule has 2 aliphatic heterocycles. The van der Waals surface area contributed by atoms with Gasteiger partial charge in [-0.25, -0.2) is 0 Å². The zero-order chi connectivity index (χ0) is 35.2. The van der Waals surface area contributed by atoms with Crippen LogP contribution >= 0.6 is 11.6 Å². The number of piperidine rings is 1. The second-order valence-electron chi connectivity index (χ2n) is 12.7. The number of imide groups is 2. The van der Waals surface area contributed by atoms with Crippen molar-refractivity contribution in [2.45, 2.75) is 69.6 Å². The summed E-state index contributed by atoms with van der Waals surface area (Å²) < 4.78 is 6.05. The largest absolute Gasteiger partial charge is 0.490 e. The molecule has 1 saturated carbocycles. The molecule has 258 valence electrons. The van der Waals surface area contributed by atoms with Crippen LogP contribution in [0.4, 0.5) is 11.4 Å². The Morgan fingerprint density at radius 3 is 2.22 bits per heavy atom. The van der Waals surface area contributed by atoms with Crippen LogP contribution < -0.4 is 26.0 Å². The van der Waals surface area contributed by atoms with E-state index in [4.69, 9.17) is 21.6 Å². The summed E-state index contributed by atoms with van der Waals surface area (Å²) in [6.45, 7) is 1.38. The number of unbranched alkanes of at least 4 members (excludes halogenated alkanes) is 1. The van der Waals surface area contributed by atoms with Crippen molar-refractivity contribution in [3.63, 3.8) is 0 Å². The molecule has 0 bridgehead atoms. The number of nitrogens with one attached hydrogen (secondary N) is 4. The number of halogens is 1. The number of anilines is 2. The van der Waals surface area contributed by atoms with Gasteiger partial charge in [-0.15, -0.1) is 0 Å². The summed E-state index contributed by atoms with van der Waals surface area (Å²) in [5.41, 5.74) is 3.12. The molecule has 2 heterocycles. The Balaban J connectivity index is 0.879. The van der Waals surface area contributed by atoms with Gasteiger partial charge in [0.1, 0.15) is 17.9 Å². The lowest BCUT2D eigenvalue weighted by Crippen LogP contribution is -2.54. The van der Waals surface area contributed by atoms with Crippen LogP contribution in [0.3, 0.4) is 0 Å². The van der Waals surface area contributed by atoms with Gasteiger partial charge < -0.3 is 20.7 Å². The molecular weight excluding hydrogens is 660 g/mol. The monoisotopic (exact) mass is 696 g/mol. The van der Waals surface area contributed by atoms with Crippen LogP contribution in [-0.4, -0.2) is 65.7 Å². The van der Waals surface area contributed by atoms with Crippen LogP contribution in [0, 0.1) is 11.3 Å². The fourth-order valence-corrected chi connectivity index (χ4v) is 6.69. The Kier molecular flexibility index (Phi) is 10.6. The number of ether oxygens (including phenoxy) is 1. The van der Waals surface area contributed by atoms with Crippen LogP contribution in [0.5, 0.6) is 5.75 Å². The van der Waals surface area contributed by atoms with Gasteiger partial charge in [-0.3, -0.25) is 34.2 Å². The normalized spacial score (nSPS) is 20.1. The van der Waals surface area contributed by atoms with Crippen molar-refractivity contribution in [1.29, 1.82) is 5.26 Å². The first-order chi connectivity index (χ1) is 24.2. The molecule has 4 N–H and O–H groups in total. The van der Waals surface area contributed by atoms with Crippen molar-refractivity contribution in [3.05, 3.63) is 87.9 Å². The van der Waals surface area contributed by atoms with Crippen LogP contribution in [0.2, 0.25) is 5.02 Å². The Morgan fingerprint density at radius 2 is 1.54 bits per heavy atom. The second kappa shape index (κ2) is 15.4. The third-order valence-electron chi connectivity index (χ3n) is 9.22. The molecular formula is C37H37ClN6O6. The van der Waals surface area contributed by atoms with Crippen LogP contribution in [0.15, 0.2) is 60.7 Å². The molecule has 1 atom stereocenters. The summed E-state index contributed by atoms with van der Waals surface area (Å²) in [6, 6.07) is 18.6. The Bertz CT molecular complexity index is 1850. The molecule has 50 heavy (non-hydrogen) atoms. The molecule has 3 aromatic carbocycles. The molecule has 1 saturated heterocycles. The van der Waals surface area contributed by atoms with E-state index < -0.39 is 29.7 Å². The van der Waals surface area contributed by atoms with E-state index in [0.717, 1.165) is 55.7 Å². The fourth-order valence-electron chi connectivity index (χ4n) is 6.48. The summed E-state index contributed by atoms with van der Waals surface area (Å²) in [5.74, 6) is -1.56. The van der Waals surface area contributed by atoms with Gasteiger partial charge in [0.05, 0.1) is 27.8 Å². The molecule has 12 nitrogen and oxygen atoms in total. The number of benzene rings is 3. The highest BCUT2D eigenvalue weighted by molar-refractivity contribution is 6.31. The lowest BCUT2D eigenvalue weighted by atomic mass is 9.92. The third kappa shape index (κ3) is 7.90. The van der Waals surface area contributed by atoms with Crippen molar-refractivity contribution in [3.8, 4) is 11.8 Å². The van der Waals surface area contributed by atoms with Gasteiger partial charge in [0.15, 0.2) is 0 Å². The summed E-state index contributed by atoms with van der Waals surface area (Å²) in [7, 11) is 0. The first-order valence-electron chi connectivity index (χ1n) is 16.8. The summed E-state index contributed by atoms with van der Waals surface area (Å²) in [4.78, 5) is 63.5. The molecule has 3 aromatic rings. The minimum Gasteiger partial charge on any atom is -0.490 e. The van der Waals surface area contributed by atoms with E-state index in [2.05, 4.69) is 21.3 Å². The van der Waals surface area contributed by atoms with Crippen molar-refractivity contribution in [2.24, 2.45) is 0 Å². The standard InChI is InChI=1S/C37H37ClN6O6/c38-31-20-28(11-5-23(31)21-39)50-27-12-8-25(9-13-27)42-34(46)22-3-6-24(7-4-22)40-17-1-2-18-41-26-10-14-29-30(19-26)37(49)44(36(29)48)32-15-16-33(45)43-35(32)47/h3-7,10-11,14,19-20,25,27,32,40-41H,1-2,8-9,12-13,15-18H2,(H,42,46)(H,43,45,47)/t25-,27-,32?. The zero-order valence-corrected chi connectivity index (χ0v) is 28.1. The molecule has 0 aromatic heterocycles. The number of carbonyl (C=O) groups excluding carboxylic acids is 5. The maximum Gasteiger partial charge on any atom is 0.262 e. The molecule has 6 rings (SSSR count). The number of nitriles is 1. The van der Waals surface area contributed by atoms with Crippen molar-refractivity contribution >= 4 is 52.5 Å². The van der Waals surface area contributed by atoms with E-state index in [-0.39, 0.29) is 42.0 Å². The quantitative estimate of drug-likeness (QED) is 0.150. The van der Waals surface area contributed by atoms with Crippen LogP contribution in [-0.2, 0) is 9.59 Å². The van der Waals surface area contributed by atoms with Gasteiger partial charge in [-0.2, -0.15) is 5.26 Å². The van der Waals surface area contributed by atoms with Gasteiger partial charge in [-0.1, -0.05) is 11.6 Å². The van der Waals surface area contributed by atoms with E-state index in [0.29, 0.717) is 34.1 Å². The first-order valence-corrected chi connectivity index (χ1v) is 17.2. The number of nitrogens with zero attached hydrogens (tertiary/aromatic N) is 2. The molecule has 1 unspecified atom stereocenters. The van der Waals surface area contributed by atoms with Crippen LogP contribution in [0.25, 0.3) is 0 Å². The Morgan fingerprint density at radius 1 is 0.860 bits per heavy atom. The van der Waals surface area contributed by atoms with E-state index >= 15 is 0 Å². The van der Waals surface area contributed by atoms with Gasteiger partial charge >= 0.3 is 0 Å². The molecule has 13 heteroatoms.